The molecule has 0 aliphatic carbocycles. The third kappa shape index (κ3) is 1.74. The first-order chi connectivity index (χ1) is 6.75. The van der Waals surface area contributed by atoms with E-state index in [4.69, 9.17) is 0 Å². The summed E-state index contributed by atoms with van der Waals surface area (Å²) in [6.45, 7) is 0. The number of aromatic nitrogens is 2. The topological polar surface area (TPSA) is 25.8 Å². The number of pyridine rings is 2. The van der Waals surface area contributed by atoms with Gasteiger partial charge in [-0.2, -0.15) is 13.8 Å². The highest BCUT2D eigenvalue weighted by molar-refractivity contribution is 5.57. The summed E-state index contributed by atoms with van der Waals surface area (Å²) in [5.41, 5.74) is 0.906. The fourth-order valence-corrected chi connectivity index (χ4v) is 1.15. The van der Waals surface area contributed by atoms with E-state index in [-0.39, 0.29) is 0 Å². The molecule has 2 aromatic rings. The Morgan fingerprint density at radius 2 is 1.71 bits per heavy atom. The van der Waals surface area contributed by atoms with Crippen molar-refractivity contribution < 1.29 is 8.78 Å². The lowest BCUT2D eigenvalue weighted by molar-refractivity contribution is 0.513. The molecule has 0 amide bonds. The van der Waals surface area contributed by atoms with Crippen LogP contribution in [0.5, 0.6) is 0 Å². The summed E-state index contributed by atoms with van der Waals surface area (Å²) < 4.78 is 25.5. The number of hydrogen-bond donors (Lipinski definition) is 0. The second kappa shape index (κ2) is 3.49. The zero-order valence-electron chi connectivity index (χ0n) is 7.11. The quantitative estimate of drug-likeness (QED) is 0.648. The maximum atomic E-state index is 12.7. The standard InChI is InChI=1S/C10H6F2N2/c11-9-5-7(6-10(12)14-9)8-3-1-2-4-13-8/h1-6H. The Labute approximate surface area is 79.3 Å². The minimum absolute atomic E-state index is 0.385. The first-order valence-corrected chi connectivity index (χ1v) is 4.00. The van der Waals surface area contributed by atoms with Gasteiger partial charge in [0.1, 0.15) is 0 Å². The first-order valence-electron chi connectivity index (χ1n) is 4.00. The average Bonchev–Trinajstić information content (AvgIpc) is 2.18. The summed E-state index contributed by atoms with van der Waals surface area (Å²) in [5, 5.41) is 0. The van der Waals surface area contributed by atoms with E-state index in [0.717, 1.165) is 12.1 Å². The van der Waals surface area contributed by atoms with Crippen molar-refractivity contribution in [3.63, 3.8) is 0 Å². The van der Waals surface area contributed by atoms with E-state index in [1.54, 1.807) is 24.4 Å². The van der Waals surface area contributed by atoms with Gasteiger partial charge in [-0.05, 0) is 12.1 Å². The normalized spacial score (nSPS) is 10.1. The summed E-state index contributed by atoms with van der Waals surface area (Å²) in [6, 6.07) is 7.45. The molecule has 0 aromatic carbocycles. The van der Waals surface area contributed by atoms with Gasteiger partial charge in [-0.1, -0.05) is 6.07 Å². The molecule has 4 heteroatoms. The van der Waals surface area contributed by atoms with Crippen molar-refractivity contribution in [2.24, 2.45) is 0 Å². The lowest BCUT2D eigenvalue weighted by Crippen LogP contribution is -1.90. The molecule has 2 rings (SSSR count). The van der Waals surface area contributed by atoms with Gasteiger partial charge in [0.25, 0.3) is 0 Å². The van der Waals surface area contributed by atoms with Gasteiger partial charge in [0, 0.05) is 23.9 Å². The van der Waals surface area contributed by atoms with E-state index in [0.29, 0.717) is 11.3 Å². The van der Waals surface area contributed by atoms with Gasteiger partial charge in [-0.15, -0.1) is 0 Å². The van der Waals surface area contributed by atoms with Crippen LogP contribution < -0.4 is 0 Å². The monoisotopic (exact) mass is 192 g/mol. The summed E-state index contributed by atoms with van der Waals surface area (Å²) in [4.78, 5) is 6.97. The largest absolute Gasteiger partial charge is 0.256 e. The molecule has 0 N–H and O–H groups in total. The molecule has 2 aromatic heterocycles. The van der Waals surface area contributed by atoms with Crippen molar-refractivity contribution in [1.29, 1.82) is 0 Å². The van der Waals surface area contributed by atoms with Crippen LogP contribution >= 0.6 is 0 Å². The van der Waals surface area contributed by atoms with Crippen LogP contribution in [0.1, 0.15) is 0 Å². The van der Waals surface area contributed by atoms with Gasteiger partial charge in [0.15, 0.2) is 0 Å². The van der Waals surface area contributed by atoms with Gasteiger partial charge in [-0.3, -0.25) is 4.98 Å². The minimum atomic E-state index is -0.842. The molecule has 14 heavy (non-hydrogen) atoms. The lowest BCUT2D eigenvalue weighted by Gasteiger charge is -1.99. The Balaban J connectivity index is 2.52. The molecule has 0 aliphatic heterocycles. The zero-order valence-corrected chi connectivity index (χ0v) is 7.11. The second-order valence-electron chi connectivity index (χ2n) is 2.72. The van der Waals surface area contributed by atoms with Crippen molar-refractivity contribution in [2.45, 2.75) is 0 Å². The van der Waals surface area contributed by atoms with Crippen molar-refractivity contribution in [3.8, 4) is 11.3 Å². The van der Waals surface area contributed by atoms with E-state index in [2.05, 4.69) is 9.97 Å². The highest BCUT2D eigenvalue weighted by atomic mass is 19.1. The maximum Gasteiger partial charge on any atom is 0.216 e. The van der Waals surface area contributed by atoms with E-state index in [1.165, 1.54) is 0 Å². The third-order valence-electron chi connectivity index (χ3n) is 1.72. The zero-order chi connectivity index (χ0) is 9.97. The van der Waals surface area contributed by atoms with E-state index < -0.39 is 11.9 Å². The summed E-state index contributed by atoms with van der Waals surface area (Å²) in [5.74, 6) is -1.68. The summed E-state index contributed by atoms with van der Waals surface area (Å²) >= 11 is 0. The number of halogens is 2. The van der Waals surface area contributed by atoms with Gasteiger partial charge < -0.3 is 0 Å². The van der Waals surface area contributed by atoms with Crippen LogP contribution in [0.4, 0.5) is 8.78 Å². The van der Waals surface area contributed by atoms with Crippen LogP contribution in [-0.2, 0) is 0 Å². The van der Waals surface area contributed by atoms with E-state index in [9.17, 15) is 8.78 Å². The molecule has 0 saturated heterocycles. The molecule has 2 nitrogen and oxygen atoms in total. The van der Waals surface area contributed by atoms with Gasteiger partial charge in [0.05, 0.1) is 5.69 Å². The van der Waals surface area contributed by atoms with Gasteiger partial charge in [0.2, 0.25) is 11.9 Å². The molecule has 0 atom stereocenters. The molecular weight excluding hydrogens is 186 g/mol. The van der Waals surface area contributed by atoms with Gasteiger partial charge in [-0.25, -0.2) is 0 Å². The summed E-state index contributed by atoms with van der Waals surface area (Å²) in [6.07, 6.45) is 1.56. The smallest absolute Gasteiger partial charge is 0.216 e. The SMILES string of the molecule is Fc1cc(-c2ccccn2)cc(F)n1. The second-order valence-corrected chi connectivity index (χ2v) is 2.72. The Morgan fingerprint density at radius 1 is 1.00 bits per heavy atom. The lowest BCUT2D eigenvalue weighted by atomic mass is 10.2. The van der Waals surface area contributed by atoms with Crippen LogP contribution in [0, 0.1) is 11.9 Å². The fraction of sp³-hybridized carbons (Fsp3) is 0. The Bertz CT molecular complexity index is 423. The molecular formula is C10H6F2N2. The molecule has 0 bridgehead atoms. The molecule has 0 fully saturated rings. The molecule has 0 aliphatic rings. The van der Waals surface area contributed by atoms with Crippen LogP contribution in [-0.4, -0.2) is 9.97 Å². The van der Waals surface area contributed by atoms with Crippen LogP contribution in [0.25, 0.3) is 11.3 Å². The average molecular weight is 192 g/mol. The number of rotatable bonds is 1. The Hall–Kier alpha value is -1.84. The number of nitrogens with zero attached hydrogens (tertiary/aromatic N) is 2. The number of hydrogen-bond acceptors (Lipinski definition) is 2. The molecule has 0 unspecified atom stereocenters. The van der Waals surface area contributed by atoms with Gasteiger partial charge >= 0.3 is 0 Å². The molecule has 70 valence electrons. The molecule has 2 heterocycles. The minimum Gasteiger partial charge on any atom is -0.256 e. The van der Waals surface area contributed by atoms with Crippen molar-refractivity contribution in [3.05, 3.63) is 48.4 Å². The first kappa shape index (κ1) is 8.74. The van der Waals surface area contributed by atoms with E-state index >= 15 is 0 Å². The molecule has 0 radical (unpaired) electrons. The molecule has 0 saturated carbocycles. The maximum absolute atomic E-state index is 12.7. The summed E-state index contributed by atoms with van der Waals surface area (Å²) in [7, 11) is 0. The molecule has 0 spiro atoms. The van der Waals surface area contributed by atoms with Crippen LogP contribution in [0.15, 0.2) is 36.5 Å². The van der Waals surface area contributed by atoms with Crippen LogP contribution in [0.2, 0.25) is 0 Å². The van der Waals surface area contributed by atoms with Crippen LogP contribution in [0.3, 0.4) is 0 Å². The Morgan fingerprint density at radius 3 is 2.29 bits per heavy atom. The highest BCUT2D eigenvalue weighted by Gasteiger charge is 2.04. The predicted octanol–water partition coefficient (Wildman–Crippen LogP) is 2.42. The van der Waals surface area contributed by atoms with Crippen molar-refractivity contribution in [1.82, 2.24) is 9.97 Å². The van der Waals surface area contributed by atoms with Crippen molar-refractivity contribution in [2.75, 3.05) is 0 Å². The predicted molar refractivity (Wildman–Crippen MR) is 47.4 cm³/mol. The van der Waals surface area contributed by atoms with E-state index in [1.807, 2.05) is 0 Å². The third-order valence-corrected chi connectivity index (χ3v) is 1.72. The Kier molecular flexibility index (Phi) is 2.18. The highest BCUT2D eigenvalue weighted by Crippen LogP contribution is 2.16. The fourth-order valence-electron chi connectivity index (χ4n) is 1.15. The van der Waals surface area contributed by atoms with Crippen molar-refractivity contribution >= 4 is 0 Å².